The van der Waals surface area contributed by atoms with Crippen LogP contribution in [0.1, 0.15) is 23.6 Å². The smallest absolute Gasteiger partial charge is 0.318 e. The van der Waals surface area contributed by atoms with E-state index in [1.165, 1.54) is 0 Å². The molecule has 1 heterocycles. The Kier molecular flexibility index (Phi) is 4.27. The first-order valence-electron chi connectivity index (χ1n) is 6.55. The zero-order chi connectivity index (χ0) is 13.8. The fourth-order valence-corrected chi connectivity index (χ4v) is 2.37. The molecular weight excluding hydrogens is 242 g/mol. The molecule has 1 saturated heterocycles. The molecule has 1 fully saturated rings. The summed E-state index contributed by atoms with van der Waals surface area (Å²) in [7, 11) is 1.65. The third kappa shape index (κ3) is 2.98. The summed E-state index contributed by atoms with van der Waals surface area (Å²) in [6.45, 7) is 4.00. The van der Waals surface area contributed by atoms with Crippen LogP contribution in [0.4, 0.5) is 4.79 Å². The maximum atomic E-state index is 11.9. The van der Waals surface area contributed by atoms with E-state index in [-0.39, 0.29) is 12.1 Å². The van der Waals surface area contributed by atoms with Crippen molar-refractivity contribution >= 4 is 6.03 Å². The molecule has 0 aliphatic carbocycles. The Hall–Kier alpha value is -1.75. The number of methoxy groups -OCH3 is 1. The fraction of sp³-hybridized carbons (Fsp3) is 0.500. The van der Waals surface area contributed by atoms with Crippen LogP contribution >= 0.6 is 0 Å². The fourth-order valence-electron chi connectivity index (χ4n) is 2.37. The SMILES string of the molecule is COc1ccc(C)cc1C1CN(CCCN)C(=O)N1. The highest BCUT2D eigenvalue weighted by atomic mass is 16.5. The monoisotopic (exact) mass is 263 g/mol. The highest BCUT2D eigenvalue weighted by Gasteiger charge is 2.30. The van der Waals surface area contributed by atoms with Crippen LogP contribution in [0.25, 0.3) is 0 Å². The summed E-state index contributed by atoms with van der Waals surface area (Å²) in [5.74, 6) is 0.816. The average molecular weight is 263 g/mol. The lowest BCUT2D eigenvalue weighted by atomic mass is 10.0. The van der Waals surface area contributed by atoms with Crippen molar-refractivity contribution in [1.82, 2.24) is 10.2 Å². The molecule has 1 unspecified atom stereocenters. The molecule has 3 N–H and O–H groups in total. The van der Waals surface area contributed by atoms with E-state index in [0.717, 1.165) is 23.3 Å². The number of aryl methyl sites for hydroxylation is 1. The molecule has 0 aromatic heterocycles. The molecule has 1 atom stereocenters. The number of rotatable bonds is 5. The lowest BCUT2D eigenvalue weighted by Gasteiger charge is -2.16. The van der Waals surface area contributed by atoms with Crippen molar-refractivity contribution < 1.29 is 9.53 Å². The Morgan fingerprint density at radius 1 is 1.53 bits per heavy atom. The van der Waals surface area contributed by atoms with Crippen LogP contribution in [-0.4, -0.2) is 37.7 Å². The number of benzene rings is 1. The highest BCUT2D eigenvalue weighted by Crippen LogP contribution is 2.29. The minimum Gasteiger partial charge on any atom is -0.496 e. The first-order valence-corrected chi connectivity index (χ1v) is 6.55. The second-order valence-electron chi connectivity index (χ2n) is 4.84. The summed E-state index contributed by atoms with van der Waals surface area (Å²) in [6.07, 6.45) is 0.824. The van der Waals surface area contributed by atoms with Crippen molar-refractivity contribution in [1.29, 1.82) is 0 Å². The van der Waals surface area contributed by atoms with Gasteiger partial charge in [-0.2, -0.15) is 0 Å². The molecule has 2 amide bonds. The zero-order valence-electron chi connectivity index (χ0n) is 11.5. The third-order valence-corrected chi connectivity index (χ3v) is 3.38. The van der Waals surface area contributed by atoms with Gasteiger partial charge in [0, 0.05) is 18.7 Å². The minimum absolute atomic E-state index is 0.0138. The van der Waals surface area contributed by atoms with Crippen molar-refractivity contribution in [2.24, 2.45) is 5.73 Å². The van der Waals surface area contributed by atoms with E-state index in [1.807, 2.05) is 19.1 Å². The summed E-state index contributed by atoms with van der Waals surface area (Å²) < 4.78 is 5.37. The van der Waals surface area contributed by atoms with Crippen LogP contribution in [0.3, 0.4) is 0 Å². The van der Waals surface area contributed by atoms with Crippen LogP contribution in [-0.2, 0) is 0 Å². The molecule has 0 bridgehead atoms. The Morgan fingerprint density at radius 3 is 3.00 bits per heavy atom. The second kappa shape index (κ2) is 5.93. The molecule has 0 spiro atoms. The van der Waals surface area contributed by atoms with E-state index in [1.54, 1.807) is 12.0 Å². The van der Waals surface area contributed by atoms with Crippen molar-refractivity contribution in [3.05, 3.63) is 29.3 Å². The van der Waals surface area contributed by atoms with E-state index in [2.05, 4.69) is 11.4 Å². The molecule has 5 nitrogen and oxygen atoms in total. The number of nitrogens with zero attached hydrogens (tertiary/aromatic N) is 1. The number of nitrogens with one attached hydrogen (secondary N) is 1. The summed E-state index contributed by atoms with van der Waals surface area (Å²) in [4.78, 5) is 13.7. The van der Waals surface area contributed by atoms with Gasteiger partial charge in [-0.1, -0.05) is 17.7 Å². The Labute approximate surface area is 113 Å². The van der Waals surface area contributed by atoms with Crippen LogP contribution in [0.15, 0.2) is 18.2 Å². The largest absolute Gasteiger partial charge is 0.496 e. The first kappa shape index (κ1) is 13.7. The van der Waals surface area contributed by atoms with E-state index < -0.39 is 0 Å². The predicted molar refractivity (Wildman–Crippen MR) is 74.2 cm³/mol. The van der Waals surface area contributed by atoms with Gasteiger partial charge >= 0.3 is 6.03 Å². The Morgan fingerprint density at radius 2 is 2.32 bits per heavy atom. The van der Waals surface area contributed by atoms with Gasteiger partial charge in [0.1, 0.15) is 5.75 Å². The number of carbonyl (C=O) groups excluding carboxylic acids is 1. The van der Waals surface area contributed by atoms with E-state index in [9.17, 15) is 4.79 Å². The van der Waals surface area contributed by atoms with Gasteiger partial charge in [0.15, 0.2) is 0 Å². The molecule has 1 aliphatic rings. The van der Waals surface area contributed by atoms with Crippen LogP contribution < -0.4 is 15.8 Å². The summed E-state index contributed by atoms with van der Waals surface area (Å²) in [6, 6.07) is 5.98. The summed E-state index contributed by atoms with van der Waals surface area (Å²) in [5.41, 5.74) is 7.68. The van der Waals surface area contributed by atoms with Crippen LogP contribution in [0, 0.1) is 6.92 Å². The molecule has 1 aliphatic heterocycles. The molecule has 5 heteroatoms. The minimum atomic E-state index is -0.0259. The molecule has 1 aromatic rings. The predicted octanol–water partition coefficient (Wildman–Crippen LogP) is 1.42. The van der Waals surface area contributed by atoms with Crippen molar-refractivity contribution in [3.63, 3.8) is 0 Å². The lowest BCUT2D eigenvalue weighted by molar-refractivity contribution is 0.217. The van der Waals surface area contributed by atoms with Crippen LogP contribution in [0.5, 0.6) is 5.75 Å². The van der Waals surface area contributed by atoms with E-state index in [0.29, 0.717) is 19.6 Å². The van der Waals surface area contributed by atoms with Crippen molar-refractivity contribution in [2.75, 3.05) is 26.7 Å². The third-order valence-electron chi connectivity index (χ3n) is 3.38. The molecule has 2 rings (SSSR count). The van der Waals surface area contributed by atoms with E-state index in [4.69, 9.17) is 10.5 Å². The van der Waals surface area contributed by atoms with Crippen molar-refractivity contribution in [3.8, 4) is 5.75 Å². The van der Waals surface area contributed by atoms with Gasteiger partial charge in [0.25, 0.3) is 0 Å². The number of amides is 2. The molecule has 0 saturated carbocycles. The number of ether oxygens (including phenoxy) is 1. The lowest BCUT2D eigenvalue weighted by Crippen LogP contribution is -2.30. The van der Waals surface area contributed by atoms with Crippen LogP contribution in [0.2, 0.25) is 0 Å². The summed E-state index contributed by atoms with van der Waals surface area (Å²) >= 11 is 0. The molecule has 0 radical (unpaired) electrons. The normalized spacial score (nSPS) is 18.6. The van der Waals surface area contributed by atoms with Gasteiger partial charge in [-0.25, -0.2) is 4.79 Å². The zero-order valence-corrected chi connectivity index (χ0v) is 11.5. The molecule has 104 valence electrons. The van der Waals surface area contributed by atoms with E-state index >= 15 is 0 Å². The standard InChI is InChI=1S/C14H21N3O2/c1-10-4-5-13(19-2)11(8-10)12-9-17(7-3-6-15)14(18)16-12/h4-5,8,12H,3,6-7,9,15H2,1-2H3,(H,16,18). The number of nitrogens with two attached hydrogens (primary N) is 1. The molecule has 1 aromatic carbocycles. The maximum absolute atomic E-state index is 11.9. The molecular formula is C14H21N3O2. The summed E-state index contributed by atoms with van der Waals surface area (Å²) in [5, 5.41) is 3.00. The Balaban J connectivity index is 2.15. The number of urea groups is 1. The average Bonchev–Trinajstić information content (AvgIpc) is 2.77. The highest BCUT2D eigenvalue weighted by molar-refractivity contribution is 5.77. The number of carbonyl (C=O) groups is 1. The molecule has 19 heavy (non-hydrogen) atoms. The topological polar surface area (TPSA) is 67.6 Å². The Bertz CT molecular complexity index is 462. The van der Waals surface area contributed by atoms with Crippen molar-refractivity contribution in [2.45, 2.75) is 19.4 Å². The quantitative estimate of drug-likeness (QED) is 0.844. The first-order chi connectivity index (χ1) is 9.15. The number of hydrogen-bond donors (Lipinski definition) is 2. The second-order valence-corrected chi connectivity index (χ2v) is 4.84. The van der Waals surface area contributed by atoms with Gasteiger partial charge < -0.3 is 20.7 Å². The van der Waals surface area contributed by atoms with Gasteiger partial charge in [-0.05, 0) is 26.0 Å². The maximum Gasteiger partial charge on any atom is 0.318 e. The van der Waals surface area contributed by atoms with Gasteiger partial charge in [0.05, 0.1) is 13.2 Å². The van der Waals surface area contributed by atoms with Gasteiger partial charge in [0.2, 0.25) is 0 Å². The van der Waals surface area contributed by atoms with Gasteiger partial charge in [-0.3, -0.25) is 0 Å². The number of hydrogen-bond acceptors (Lipinski definition) is 3. The van der Waals surface area contributed by atoms with Gasteiger partial charge in [-0.15, -0.1) is 0 Å².